The molecule has 0 aliphatic carbocycles. The largest absolute Gasteiger partial charge is 0.394 e. The van der Waals surface area contributed by atoms with Gasteiger partial charge in [0.05, 0.1) is 38.6 Å². The molecule has 111 heavy (non-hydrogen) atoms. The SMILES string of the molecule is CC/C=C\C/C=C\C/C=C\C/C=C\C/C=C\C/C=C\C/C=C\C/C=C\C/C=C\C/C=C\C/C=C\CCCCCCCCCC(=O)NC(COC1OC(CO)C(OC2OC(CO)C(OC3OC(CO)C(O)C(O)C3O)C(O)C2O)C(O)C1O)C(O)CCCCCCCCCCCCCCCCCCCCCCCCCCC. The average molecular weight is 1570 g/mol. The molecule has 12 N–H and O–H groups in total. The molecule has 19 nitrogen and oxygen atoms in total. The highest BCUT2D eigenvalue weighted by atomic mass is 16.8. The summed E-state index contributed by atoms with van der Waals surface area (Å²) in [5.74, 6) is -0.256. The third-order valence-electron chi connectivity index (χ3n) is 21.0. The topological polar surface area (TPSA) is 307 Å². The van der Waals surface area contributed by atoms with Crippen LogP contribution in [0.2, 0.25) is 0 Å². The van der Waals surface area contributed by atoms with Gasteiger partial charge >= 0.3 is 0 Å². The summed E-state index contributed by atoms with van der Waals surface area (Å²) >= 11 is 0. The highest BCUT2D eigenvalue weighted by molar-refractivity contribution is 5.76. The lowest BCUT2D eigenvalue weighted by Crippen LogP contribution is -2.66. The number of nitrogens with one attached hydrogen (secondary N) is 1. The Morgan fingerprint density at radius 2 is 0.622 bits per heavy atom. The van der Waals surface area contributed by atoms with E-state index in [1.54, 1.807) is 0 Å². The first-order chi connectivity index (χ1) is 54.3. The van der Waals surface area contributed by atoms with Gasteiger partial charge in [-0.25, -0.2) is 0 Å². The van der Waals surface area contributed by atoms with Crippen LogP contribution in [0.1, 0.15) is 309 Å². The Hall–Kier alpha value is -4.07. The Labute approximate surface area is 670 Å². The van der Waals surface area contributed by atoms with E-state index in [1.165, 1.54) is 135 Å². The lowest BCUT2D eigenvalue weighted by molar-refractivity contribution is -0.379. The monoisotopic (exact) mass is 1560 g/mol. The van der Waals surface area contributed by atoms with E-state index in [1.807, 2.05) is 0 Å². The smallest absolute Gasteiger partial charge is 0.220 e. The van der Waals surface area contributed by atoms with Crippen LogP contribution in [0.25, 0.3) is 0 Å². The summed E-state index contributed by atoms with van der Waals surface area (Å²) in [7, 11) is 0. The molecule has 3 heterocycles. The minimum Gasteiger partial charge on any atom is -0.394 e. The van der Waals surface area contributed by atoms with Crippen molar-refractivity contribution in [1.29, 1.82) is 0 Å². The van der Waals surface area contributed by atoms with Crippen LogP contribution in [0.3, 0.4) is 0 Å². The van der Waals surface area contributed by atoms with Gasteiger partial charge in [-0.05, 0) is 96.3 Å². The first-order valence-corrected chi connectivity index (χ1v) is 43.9. The molecular formula is C92H157NO18. The molecule has 3 rings (SSSR count). The van der Waals surface area contributed by atoms with Crippen molar-refractivity contribution in [3.63, 3.8) is 0 Å². The number of amides is 1. The van der Waals surface area contributed by atoms with Crippen molar-refractivity contribution in [1.82, 2.24) is 5.32 Å². The molecule has 19 heteroatoms. The van der Waals surface area contributed by atoms with Crippen LogP contribution >= 0.6 is 0 Å². The second kappa shape index (κ2) is 70.2. The third-order valence-corrected chi connectivity index (χ3v) is 21.0. The van der Waals surface area contributed by atoms with Crippen LogP contribution < -0.4 is 5.32 Å². The zero-order chi connectivity index (χ0) is 80.3. The van der Waals surface area contributed by atoms with E-state index in [0.717, 1.165) is 141 Å². The molecule has 17 unspecified atom stereocenters. The Balaban J connectivity index is 1.34. The van der Waals surface area contributed by atoms with Gasteiger partial charge in [0.25, 0.3) is 0 Å². The van der Waals surface area contributed by atoms with E-state index in [2.05, 4.69) is 153 Å². The molecule has 0 aromatic carbocycles. The molecule has 3 fully saturated rings. The van der Waals surface area contributed by atoms with Crippen LogP contribution in [0.15, 0.2) is 134 Å². The molecule has 3 saturated heterocycles. The van der Waals surface area contributed by atoms with E-state index in [4.69, 9.17) is 28.4 Å². The highest BCUT2D eigenvalue weighted by Gasteiger charge is 2.54. The van der Waals surface area contributed by atoms with Crippen molar-refractivity contribution in [2.45, 2.75) is 413 Å². The third kappa shape index (κ3) is 48.9. The maximum atomic E-state index is 13.5. The van der Waals surface area contributed by atoms with Crippen molar-refractivity contribution >= 4 is 5.91 Å². The fraction of sp³-hybridized carbons (Fsp3) is 0.750. The van der Waals surface area contributed by atoms with E-state index >= 15 is 0 Å². The first-order valence-electron chi connectivity index (χ1n) is 43.9. The molecule has 0 aromatic heterocycles. The van der Waals surface area contributed by atoms with Crippen LogP contribution in [0.5, 0.6) is 0 Å². The number of aliphatic hydroxyl groups is 11. The summed E-state index contributed by atoms with van der Waals surface area (Å²) in [5.41, 5.74) is 0. The van der Waals surface area contributed by atoms with Gasteiger partial charge in [-0.2, -0.15) is 0 Å². The molecule has 638 valence electrons. The van der Waals surface area contributed by atoms with Gasteiger partial charge in [0.15, 0.2) is 18.9 Å². The lowest BCUT2D eigenvalue weighted by atomic mass is 9.96. The van der Waals surface area contributed by atoms with Crippen molar-refractivity contribution < 1.29 is 89.4 Å². The normalized spacial score (nSPS) is 25.7. The van der Waals surface area contributed by atoms with Gasteiger partial charge in [-0.1, -0.05) is 340 Å². The molecule has 0 saturated carbocycles. The van der Waals surface area contributed by atoms with Crippen LogP contribution in [0.4, 0.5) is 0 Å². The summed E-state index contributed by atoms with van der Waals surface area (Å²) in [5, 5.41) is 121. The summed E-state index contributed by atoms with van der Waals surface area (Å²) in [4.78, 5) is 13.5. The van der Waals surface area contributed by atoms with Crippen molar-refractivity contribution in [2.24, 2.45) is 0 Å². The lowest BCUT2D eigenvalue weighted by Gasteiger charge is -2.48. The highest BCUT2D eigenvalue weighted by Crippen LogP contribution is 2.33. The van der Waals surface area contributed by atoms with Crippen molar-refractivity contribution in [3.05, 3.63) is 134 Å². The van der Waals surface area contributed by atoms with Crippen molar-refractivity contribution in [2.75, 3.05) is 26.4 Å². The Bertz CT molecular complexity index is 2530. The van der Waals surface area contributed by atoms with E-state index in [-0.39, 0.29) is 18.9 Å². The number of ether oxygens (including phenoxy) is 6. The Morgan fingerprint density at radius 1 is 0.333 bits per heavy atom. The summed E-state index contributed by atoms with van der Waals surface area (Å²) in [6, 6.07) is -0.905. The minimum atomic E-state index is -1.98. The van der Waals surface area contributed by atoms with Crippen LogP contribution in [-0.4, -0.2) is 193 Å². The van der Waals surface area contributed by atoms with Gasteiger partial charge in [0, 0.05) is 6.42 Å². The second-order valence-electron chi connectivity index (χ2n) is 30.6. The molecule has 0 aromatic rings. The predicted molar refractivity (Wildman–Crippen MR) is 447 cm³/mol. The number of hydrogen-bond donors (Lipinski definition) is 12. The first kappa shape index (κ1) is 101. The standard InChI is InChI=1S/C92H157NO18/c1-3-5-7-9-11-13-15-17-19-21-23-25-27-29-30-31-32-33-34-35-36-37-38-39-40-41-42-43-44-46-48-50-52-54-56-58-60-62-64-66-68-70-80(98)93-75(76(97)69-67-65-63-61-59-57-55-53-51-49-47-45-28-26-24-22-20-18-16-14-12-10-8-6-4-2)74-106-90-86(104)83(101)88(78(72-95)108-90)111-92-87(105)84(102)89(79(73-96)109-92)110-91-85(103)82(100)81(99)77(71-94)107-91/h5,7,11,13,17,19,23,25,29-30,32-33,35-36,38-39,41-42,44,46,50,52,75-79,81-92,94-97,99-105H,3-4,6,8-10,12,14-16,18,20-22,24,26-28,31,34,37,40,43,45,47-49,51,53-74H2,1-2H3,(H,93,98)/b7-5-,13-11-,19-17-,25-23-,30-29-,33-32-,36-35-,39-38-,42-41-,46-44-,52-50-. The van der Waals surface area contributed by atoms with Gasteiger partial charge in [0.2, 0.25) is 5.91 Å². The number of hydrogen-bond acceptors (Lipinski definition) is 18. The van der Waals surface area contributed by atoms with Gasteiger partial charge < -0.3 is 89.9 Å². The Kier molecular flexibility index (Phi) is 63.9. The summed E-state index contributed by atoms with van der Waals surface area (Å²) < 4.78 is 34.6. The molecule has 1 amide bonds. The molecule has 3 aliphatic rings. The molecule has 0 spiro atoms. The van der Waals surface area contributed by atoms with E-state index < -0.39 is 124 Å². The number of carbonyl (C=O) groups excluding carboxylic acids is 1. The van der Waals surface area contributed by atoms with Gasteiger partial charge in [-0.3, -0.25) is 4.79 Å². The zero-order valence-corrected chi connectivity index (χ0v) is 68.6. The molecule has 0 radical (unpaired) electrons. The van der Waals surface area contributed by atoms with Gasteiger partial charge in [0.1, 0.15) is 73.2 Å². The number of allylic oxidation sites excluding steroid dienone is 22. The minimum absolute atomic E-state index is 0.246. The molecule has 0 bridgehead atoms. The average Bonchev–Trinajstić information content (AvgIpc) is 0.780. The molecule has 3 aliphatic heterocycles. The maximum Gasteiger partial charge on any atom is 0.220 e. The molecule has 17 atom stereocenters. The second-order valence-corrected chi connectivity index (χ2v) is 30.6. The Morgan fingerprint density at radius 3 is 0.973 bits per heavy atom. The van der Waals surface area contributed by atoms with Crippen LogP contribution in [-0.2, 0) is 33.2 Å². The summed E-state index contributed by atoms with van der Waals surface area (Å²) in [6.07, 6.45) is 73.9. The number of carbonyl (C=O) groups is 1. The predicted octanol–water partition coefficient (Wildman–Crippen LogP) is 16.4. The fourth-order valence-electron chi connectivity index (χ4n) is 14.0. The van der Waals surface area contributed by atoms with Crippen LogP contribution in [0, 0.1) is 0 Å². The van der Waals surface area contributed by atoms with E-state index in [9.17, 15) is 61.0 Å². The van der Waals surface area contributed by atoms with Gasteiger partial charge in [-0.15, -0.1) is 0 Å². The molecular weight excluding hydrogens is 1410 g/mol. The number of unbranched alkanes of at least 4 members (excludes halogenated alkanes) is 31. The quantitative estimate of drug-likeness (QED) is 0.0199. The van der Waals surface area contributed by atoms with Crippen molar-refractivity contribution in [3.8, 4) is 0 Å². The maximum absolute atomic E-state index is 13.5. The number of aliphatic hydroxyl groups excluding tert-OH is 11. The summed E-state index contributed by atoms with van der Waals surface area (Å²) in [6.45, 7) is 1.70. The fourth-order valence-corrected chi connectivity index (χ4v) is 14.0. The van der Waals surface area contributed by atoms with E-state index in [0.29, 0.717) is 12.8 Å². The zero-order valence-electron chi connectivity index (χ0n) is 68.6. The number of rotatable bonds is 69.